The fourth-order valence-electron chi connectivity index (χ4n) is 2.33. The molecule has 0 radical (unpaired) electrons. The van der Waals surface area contributed by atoms with Crippen LogP contribution in [0.1, 0.15) is 22.6 Å². The lowest BCUT2D eigenvalue weighted by atomic mass is 9.86. The third-order valence-electron chi connectivity index (χ3n) is 3.62. The Morgan fingerprint density at radius 2 is 2.05 bits per heavy atom. The molecule has 1 N–H and O–H groups in total. The number of carboxylic acids is 1. The Morgan fingerprint density at radius 1 is 1.38 bits per heavy atom. The van der Waals surface area contributed by atoms with Gasteiger partial charge in [-0.2, -0.15) is 13.2 Å². The van der Waals surface area contributed by atoms with Gasteiger partial charge >= 0.3 is 12.1 Å². The van der Waals surface area contributed by atoms with Crippen molar-refractivity contribution in [3.8, 4) is 0 Å². The van der Waals surface area contributed by atoms with Gasteiger partial charge in [0.25, 0.3) is 5.91 Å². The van der Waals surface area contributed by atoms with E-state index >= 15 is 0 Å². The van der Waals surface area contributed by atoms with Crippen molar-refractivity contribution in [2.45, 2.75) is 19.5 Å². The zero-order chi connectivity index (χ0) is 15.8. The lowest BCUT2D eigenvalue weighted by molar-refractivity contribution is -0.227. The van der Waals surface area contributed by atoms with Crippen LogP contribution in [0.15, 0.2) is 18.2 Å². The predicted molar refractivity (Wildman–Crippen MR) is 65.6 cm³/mol. The van der Waals surface area contributed by atoms with E-state index in [0.717, 1.165) is 4.90 Å². The number of likely N-dealkylation sites (tertiary alicyclic amines) is 1. The minimum Gasteiger partial charge on any atom is -0.481 e. The van der Waals surface area contributed by atoms with Gasteiger partial charge in [0.1, 0.15) is 5.69 Å². The number of alkyl halides is 3. The average Bonchev–Trinajstić information content (AvgIpc) is 2.83. The van der Waals surface area contributed by atoms with Gasteiger partial charge in [-0.05, 0) is 25.5 Å². The third-order valence-corrected chi connectivity index (χ3v) is 3.62. The van der Waals surface area contributed by atoms with Crippen molar-refractivity contribution in [3.63, 3.8) is 0 Å². The first-order chi connectivity index (χ1) is 9.67. The highest BCUT2D eigenvalue weighted by Gasteiger charge is 2.64. The van der Waals surface area contributed by atoms with E-state index in [1.807, 2.05) is 0 Å². The van der Waals surface area contributed by atoms with Gasteiger partial charge < -0.3 is 10.0 Å². The molecule has 1 aliphatic heterocycles. The van der Waals surface area contributed by atoms with Gasteiger partial charge in [0.15, 0.2) is 5.41 Å². The van der Waals surface area contributed by atoms with Gasteiger partial charge in [-0.1, -0.05) is 6.07 Å². The molecule has 1 saturated heterocycles. The molecule has 2 heterocycles. The average molecular weight is 302 g/mol. The summed E-state index contributed by atoms with van der Waals surface area (Å²) in [5.74, 6) is -2.64. The number of rotatable bonds is 2. The lowest BCUT2D eigenvalue weighted by Gasteiger charge is -2.27. The van der Waals surface area contributed by atoms with E-state index < -0.39 is 36.4 Å². The highest BCUT2D eigenvalue weighted by Crippen LogP contribution is 2.45. The Bertz CT molecular complexity index is 588. The number of carboxylic acid groups (broad SMARTS) is 1. The zero-order valence-corrected chi connectivity index (χ0v) is 11.1. The van der Waals surface area contributed by atoms with Gasteiger partial charge in [-0.25, -0.2) is 4.98 Å². The highest BCUT2D eigenvalue weighted by molar-refractivity contribution is 5.93. The summed E-state index contributed by atoms with van der Waals surface area (Å²) < 4.78 is 39.1. The SMILES string of the molecule is Cc1cccc(C(=O)N2CCC(C(=O)O)(C(F)(F)F)C2)n1. The van der Waals surface area contributed by atoms with Crippen LogP contribution in [0.5, 0.6) is 0 Å². The molecular formula is C13H13F3N2O3. The van der Waals surface area contributed by atoms with Crippen molar-refractivity contribution < 1.29 is 27.9 Å². The number of amides is 1. The second-order valence-corrected chi connectivity index (χ2v) is 5.03. The molecule has 1 aromatic heterocycles. The first kappa shape index (κ1) is 15.3. The maximum absolute atomic E-state index is 13.0. The first-order valence-electron chi connectivity index (χ1n) is 6.20. The molecule has 1 atom stereocenters. The molecule has 1 aromatic rings. The summed E-state index contributed by atoms with van der Waals surface area (Å²) in [6.07, 6.45) is -5.56. The van der Waals surface area contributed by atoms with Crippen molar-refractivity contribution in [1.82, 2.24) is 9.88 Å². The smallest absolute Gasteiger partial charge is 0.406 e. The van der Waals surface area contributed by atoms with Gasteiger partial charge in [0.2, 0.25) is 0 Å². The normalized spacial score (nSPS) is 22.4. The van der Waals surface area contributed by atoms with Crippen LogP contribution in [0.3, 0.4) is 0 Å². The van der Waals surface area contributed by atoms with Crippen LogP contribution >= 0.6 is 0 Å². The van der Waals surface area contributed by atoms with Crippen molar-refractivity contribution in [2.75, 3.05) is 13.1 Å². The number of aryl methyl sites for hydroxylation is 1. The second kappa shape index (κ2) is 5.01. The standard InChI is InChI=1S/C13H13F3N2O3/c1-8-3-2-4-9(17-8)10(19)18-6-5-12(7-18,11(20)21)13(14,15)16/h2-4H,5-7H2,1H3,(H,20,21). The second-order valence-electron chi connectivity index (χ2n) is 5.03. The van der Waals surface area contributed by atoms with Crippen molar-refractivity contribution in [2.24, 2.45) is 5.41 Å². The van der Waals surface area contributed by atoms with Crippen LogP contribution in [0.2, 0.25) is 0 Å². The Kier molecular flexibility index (Phi) is 3.65. The molecule has 21 heavy (non-hydrogen) atoms. The summed E-state index contributed by atoms with van der Waals surface area (Å²) in [4.78, 5) is 28.0. The van der Waals surface area contributed by atoms with E-state index in [0.29, 0.717) is 5.69 Å². The Balaban J connectivity index is 2.26. The molecule has 5 nitrogen and oxygen atoms in total. The molecule has 1 fully saturated rings. The van der Waals surface area contributed by atoms with E-state index in [1.54, 1.807) is 19.1 Å². The van der Waals surface area contributed by atoms with Crippen molar-refractivity contribution in [1.29, 1.82) is 0 Å². The summed E-state index contributed by atoms with van der Waals surface area (Å²) >= 11 is 0. The minimum atomic E-state index is -4.91. The third kappa shape index (κ3) is 2.57. The summed E-state index contributed by atoms with van der Waals surface area (Å²) in [6.45, 7) is 0.499. The largest absolute Gasteiger partial charge is 0.481 e. The monoisotopic (exact) mass is 302 g/mol. The Labute approximate surface area is 118 Å². The summed E-state index contributed by atoms with van der Waals surface area (Å²) in [7, 11) is 0. The molecular weight excluding hydrogens is 289 g/mol. The fourth-order valence-corrected chi connectivity index (χ4v) is 2.33. The maximum atomic E-state index is 13.0. The fraction of sp³-hybridized carbons (Fsp3) is 0.462. The molecule has 0 aromatic carbocycles. The number of hydrogen-bond acceptors (Lipinski definition) is 3. The van der Waals surface area contributed by atoms with Crippen LogP contribution in [0.4, 0.5) is 13.2 Å². The van der Waals surface area contributed by atoms with Gasteiger partial charge in [0.05, 0.1) is 0 Å². The number of aromatic nitrogens is 1. The minimum absolute atomic E-state index is 0.0124. The molecule has 0 bridgehead atoms. The number of carbonyl (C=O) groups is 2. The van der Waals surface area contributed by atoms with Crippen molar-refractivity contribution in [3.05, 3.63) is 29.6 Å². The maximum Gasteiger partial charge on any atom is 0.406 e. The van der Waals surface area contributed by atoms with Crippen LogP contribution in [-0.2, 0) is 4.79 Å². The van der Waals surface area contributed by atoms with Crippen molar-refractivity contribution >= 4 is 11.9 Å². The molecule has 2 rings (SSSR count). The van der Waals surface area contributed by atoms with E-state index in [2.05, 4.69) is 4.98 Å². The van der Waals surface area contributed by atoms with Gasteiger partial charge in [-0.15, -0.1) is 0 Å². The number of hydrogen-bond donors (Lipinski definition) is 1. The van der Waals surface area contributed by atoms with E-state index in [1.165, 1.54) is 6.07 Å². The van der Waals surface area contributed by atoms with Gasteiger partial charge in [-0.3, -0.25) is 9.59 Å². The molecule has 114 valence electrons. The highest BCUT2D eigenvalue weighted by atomic mass is 19.4. The molecule has 8 heteroatoms. The van der Waals surface area contributed by atoms with E-state index in [-0.39, 0.29) is 12.2 Å². The number of pyridine rings is 1. The van der Waals surface area contributed by atoms with E-state index in [9.17, 15) is 22.8 Å². The molecule has 1 aliphatic rings. The summed E-state index contributed by atoms with van der Waals surface area (Å²) in [6, 6.07) is 4.61. The first-order valence-corrected chi connectivity index (χ1v) is 6.20. The summed E-state index contributed by atoms with van der Waals surface area (Å²) in [5, 5.41) is 8.94. The molecule has 0 spiro atoms. The van der Waals surface area contributed by atoms with Crippen LogP contribution < -0.4 is 0 Å². The predicted octanol–water partition coefficient (Wildman–Crippen LogP) is 1.87. The number of aliphatic carboxylic acids is 1. The molecule has 1 unspecified atom stereocenters. The lowest BCUT2D eigenvalue weighted by Crippen LogP contribution is -2.47. The van der Waals surface area contributed by atoms with Crippen LogP contribution in [0.25, 0.3) is 0 Å². The topological polar surface area (TPSA) is 70.5 Å². The molecule has 0 aliphatic carbocycles. The molecule has 1 amide bonds. The molecule has 0 saturated carbocycles. The Morgan fingerprint density at radius 3 is 2.52 bits per heavy atom. The number of nitrogens with zero attached hydrogens (tertiary/aromatic N) is 2. The number of halogens is 3. The van der Waals surface area contributed by atoms with Gasteiger partial charge in [0, 0.05) is 18.8 Å². The quantitative estimate of drug-likeness (QED) is 0.905. The van der Waals surface area contributed by atoms with Crippen LogP contribution in [0, 0.1) is 12.3 Å². The number of carbonyl (C=O) groups excluding carboxylic acids is 1. The Hall–Kier alpha value is -2.12. The van der Waals surface area contributed by atoms with Crippen LogP contribution in [-0.4, -0.2) is 46.1 Å². The summed E-state index contributed by atoms with van der Waals surface area (Å²) in [5.41, 5.74) is -2.33. The zero-order valence-electron chi connectivity index (χ0n) is 11.1. The van der Waals surface area contributed by atoms with E-state index in [4.69, 9.17) is 5.11 Å².